The molecule has 4 rings (SSSR count). The summed E-state index contributed by atoms with van der Waals surface area (Å²) < 4.78 is 0. The maximum atomic E-state index is 12.8. The molecule has 1 aliphatic heterocycles. The van der Waals surface area contributed by atoms with Crippen molar-refractivity contribution in [3.8, 4) is 0 Å². The molecule has 1 saturated heterocycles. The number of carbonyl (C=O) groups excluding carboxylic acids is 3. The van der Waals surface area contributed by atoms with Crippen molar-refractivity contribution >= 4 is 46.3 Å². The zero-order valence-corrected chi connectivity index (χ0v) is 17.8. The molecule has 2 atom stereocenters. The van der Waals surface area contributed by atoms with Crippen LogP contribution in [0.5, 0.6) is 0 Å². The van der Waals surface area contributed by atoms with Gasteiger partial charge < -0.3 is 15.6 Å². The van der Waals surface area contributed by atoms with Crippen LogP contribution in [0, 0.1) is 0 Å². The maximum absolute atomic E-state index is 12.8. The van der Waals surface area contributed by atoms with Crippen molar-refractivity contribution in [2.75, 3.05) is 16.9 Å². The highest BCUT2D eigenvalue weighted by Gasteiger charge is 2.40. The number of benzene rings is 2. The third kappa shape index (κ3) is 4.56. The van der Waals surface area contributed by atoms with E-state index in [-0.39, 0.29) is 18.4 Å². The predicted octanol–water partition coefficient (Wildman–Crippen LogP) is 2.99. The Morgan fingerprint density at radius 1 is 1.16 bits per heavy atom. The fourth-order valence-electron chi connectivity index (χ4n) is 3.58. The van der Waals surface area contributed by atoms with Gasteiger partial charge in [0.25, 0.3) is 5.91 Å². The van der Waals surface area contributed by atoms with Crippen molar-refractivity contribution in [2.24, 2.45) is 0 Å². The van der Waals surface area contributed by atoms with E-state index in [0.29, 0.717) is 17.9 Å². The number of carbonyl (C=O) groups is 3. The average molecular weight is 438 g/mol. The molecule has 1 aromatic heterocycles. The number of anilines is 1. The van der Waals surface area contributed by atoms with E-state index in [1.807, 2.05) is 30.5 Å². The van der Waals surface area contributed by atoms with Crippen molar-refractivity contribution in [3.05, 3.63) is 60.4 Å². The lowest BCUT2D eigenvalue weighted by Crippen LogP contribution is -2.38. The number of aromatic amines is 1. The van der Waals surface area contributed by atoms with Gasteiger partial charge in [0.05, 0.1) is 29.2 Å². The number of imide groups is 1. The second-order valence-corrected chi connectivity index (χ2v) is 8.24. The first kappa shape index (κ1) is 20.9. The number of aromatic nitrogens is 2. The zero-order chi connectivity index (χ0) is 21.8. The molecule has 4 amide bonds. The van der Waals surface area contributed by atoms with Crippen LogP contribution in [0.3, 0.4) is 0 Å². The fraction of sp³-hybridized carbons (Fsp3) is 0.273. The van der Waals surface area contributed by atoms with Crippen molar-refractivity contribution in [3.63, 3.8) is 0 Å². The van der Waals surface area contributed by atoms with Crippen LogP contribution in [0.2, 0.25) is 0 Å². The molecule has 0 spiro atoms. The van der Waals surface area contributed by atoms with Crippen LogP contribution in [-0.4, -0.2) is 45.9 Å². The number of rotatable bonds is 8. The van der Waals surface area contributed by atoms with Crippen LogP contribution in [0.25, 0.3) is 11.0 Å². The van der Waals surface area contributed by atoms with Gasteiger partial charge in [-0.05, 0) is 42.7 Å². The summed E-state index contributed by atoms with van der Waals surface area (Å²) in [5.41, 5.74) is 2.21. The first-order chi connectivity index (χ1) is 15.1. The smallest absolute Gasteiger partial charge is 0.329 e. The summed E-state index contributed by atoms with van der Waals surface area (Å²) >= 11 is 1.68. The van der Waals surface area contributed by atoms with Gasteiger partial charge in [0.2, 0.25) is 5.91 Å². The number of urea groups is 1. The summed E-state index contributed by atoms with van der Waals surface area (Å²) in [5, 5.41) is 5.59. The van der Waals surface area contributed by atoms with Crippen LogP contribution < -0.4 is 15.5 Å². The summed E-state index contributed by atoms with van der Waals surface area (Å²) in [7, 11) is 0. The normalized spacial score (nSPS) is 17.1. The van der Waals surface area contributed by atoms with Crippen LogP contribution >= 0.6 is 11.8 Å². The Hall–Kier alpha value is -3.33. The molecule has 0 bridgehead atoms. The molecule has 1 aliphatic rings. The highest BCUT2D eigenvalue weighted by atomic mass is 32.2. The Morgan fingerprint density at radius 3 is 2.65 bits per heavy atom. The molecule has 8 nitrogen and oxygen atoms in total. The quantitative estimate of drug-likeness (QED) is 0.470. The molecule has 3 aromatic rings. The van der Waals surface area contributed by atoms with Crippen LogP contribution in [0.15, 0.2) is 54.6 Å². The number of fused-ring (bicyclic) bond motifs is 1. The molecule has 9 heteroatoms. The summed E-state index contributed by atoms with van der Waals surface area (Å²) in [6.45, 7) is 0. The van der Waals surface area contributed by atoms with Crippen molar-refractivity contribution < 1.29 is 14.4 Å². The summed E-state index contributed by atoms with van der Waals surface area (Å²) in [5.74, 6) is 0.759. The van der Waals surface area contributed by atoms with Gasteiger partial charge in [-0.2, -0.15) is 11.8 Å². The molecule has 2 heterocycles. The molecule has 2 aromatic carbocycles. The average Bonchev–Trinajstić information content (AvgIpc) is 3.32. The number of nitrogens with zero attached hydrogens (tertiary/aromatic N) is 2. The Morgan fingerprint density at radius 2 is 1.90 bits per heavy atom. The summed E-state index contributed by atoms with van der Waals surface area (Å²) in [6, 6.07) is 14.6. The zero-order valence-electron chi connectivity index (χ0n) is 17.0. The molecule has 160 valence electrons. The molecule has 3 N–H and O–H groups in total. The van der Waals surface area contributed by atoms with E-state index in [4.69, 9.17) is 0 Å². The number of thioether (sulfide) groups is 1. The number of imidazole rings is 1. The van der Waals surface area contributed by atoms with E-state index in [2.05, 4.69) is 20.6 Å². The van der Waals surface area contributed by atoms with Crippen LogP contribution in [0.1, 0.15) is 24.7 Å². The first-order valence-electron chi connectivity index (χ1n) is 9.99. The highest BCUT2D eigenvalue weighted by Crippen LogP contribution is 2.22. The second kappa shape index (κ2) is 9.22. The Balaban J connectivity index is 1.45. The van der Waals surface area contributed by atoms with Crippen molar-refractivity contribution in [2.45, 2.75) is 24.9 Å². The molecule has 0 aliphatic carbocycles. The standard InChI is InChI=1S/C22H23N5O3S/c1-31-12-11-17(20-24-15-9-5-6-10-16(15)25-20)23-19(28)13-18-21(29)27(22(30)26-18)14-7-3-2-4-8-14/h2-10,17-18H,11-13H2,1H3,(H,23,28)(H,24,25)(H,26,30)/t17-,18-/m1/s1. The summed E-state index contributed by atoms with van der Waals surface area (Å²) in [4.78, 5) is 46.8. The van der Waals surface area contributed by atoms with Gasteiger partial charge in [0.1, 0.15) is 11.9 Å². The van der Waals surface area contributed by atoms with E-state index in [1.54, 1.807) is 42.1 Å². The van der Waals surface area contributed by atoms with Gasteiger partial charge in [-0.1, -0.05) is 30.3 Å². The molecular weight excluding hydrogens is 414 g/mol. The minimum atomic E-state index is -0.899. The SMILES string of the molecule is CSCC[C@@H](NC(=O)C[C@H]1NC(=O)N(c2ccccc2)C1=O)c1nc2ccccc2[nH]1. The van der Waals surface area contributed by atoms with Gasteiger partial charge in [0, 0.05) is 0 Å². The van der Waals surface area contributed by atoms with Crippen molar-refractivity contribution in [1.29, 1.82) is 0 Å². The van der Waals surface area contributed by atoms with Gasteiger partial charge in [-0.25, -0.2) is 14.7 Å². The summed E-state index contributed by atoms with van der Waals surface area (Å²) in [6.07, 6.45) is 2.56. The predicted molar refractivity (Wildman–Crippen MR) is 121 cm³/mol. The topological polar surface area (TPSA) is 107 Å². The fourth-order valence-corrected chi connectivity index (χ4v) is 4.05. The van der Waals surface area contributed by atoms with E-state index < -0.39 is 18.0 Å². The Labute approximate surface area is 183 Å². The molecular formula is C22H23N5O3S. The Kier molecular flexibility index (Phi) is 6.22. The lowest BCUT2D eigenvalue weighted by atomic mass is 10.1. The van der Waals surface area contributed by atoms with Crippen molar-refractivity contribution in [1.82, 2.24) is 20.6 Å². The van der Waals surface area contributed by atoms with Crippen LogP contribution in [-0.2, 0) is 9.59 Å². The van der Waals surface area contributed by atoms with Gasteiger partial charge in [-0.15, -0.1) is 0 Å². The number of amides is 4. The molecule has 0 saturated carbocycles. The van der Waals surface area contributed by atoms with Crippen LogP contribution in [0.4, 0.5) is 10.5 Å². The van der Waals surface area contributed by atoms with E-state index in [1.165, 1.54) is 0 Å². The monoisotopic (exact) mass is 437 g/mol. The molecule has 0 radical (unpaired) electrons. The first-order valence-corrected chi connectivity index (χ1v) is 11.4. The number of nitrogens with one attached hydrogen (secondary N) is 3. The number of hydrogen-bond acceptors (Lipinski definition) is 5. The lowest BCUT2D eigenvalue weighted by Gasteiger charge is -2.17. The number of para-hydroxylation sites is 3. The molecule has 31 heavy (non-hydrogen) atoms. The number of H-pyrrole nitrogens is 1. The minimum Gasteiger partial charge on any atom is -0.346 e. The highest BCUT2D eigenvalue weighted by molar-refractivity contribution is 7.98. The Bertz CT molecular complexity index is 1070. The van der Waals surface area contributed by atoms with E-state index >= 15 is 0 Å². The van der Waals surface area contributed by atoms with E-state index in [0.717, 1.165) is 21.7 Å². The lowest BCUT2D eigenvalue weighted by molar-refractivity contribution is -0.126. The molecule has 1 fully saturated rings. The molecule has 0 unspecified atom stereocenters. The largest absolute Gasteiger partial charge is 0.346 e. The third-order valence-corrected chi connectivity index (χ3v) is 5.75. The van der Waals surface area contributed by atoms with Gasteiger partial charge in [0.15, 0.2) is 0 Å². The maximum Gasteiger partial charge on any atom is 0.329 e. The second-order valence-electron chi connectivity index (χ2n) is 7.26. The third-order valence-electron chi connectivity index (χ3n) is 5.11. The number of hydrogen-bond donors (Lipinski definition) is 3. The van der Waals surface area contributed by atoms with Gasteiger partial charge >= 0.3 is 6.03 Å². The van der Waals surface area contributed by atoms with Gasteiger partial charge in [-0.3, -0.25) is 9.59 Å². The minimum absolute atomic E-state index is 0.135. The van der Waals surface area contributed by atoms with E-state index in [9.17, 15) is 14.4 Å².